The Morgan fingerprint density at radius 2 is 1.65 bits per heavy atom. The van der Waals surface area contributed by atoms with Gasteiger partial charge < -0.3 is 5.32 Å². The number of hydrogen-bond donors (Lipinski definition) is 1. The van der Waals surface area contributed by atoms with Crippen molar-refractivity contribution in [3.8, 4) is 0 Å². The second-order valence-corrected chi connectivity index (χ2v) is 5.79. The molecule has 0 aliphatic rings. The highest BCUT2D eigenvalue weighted by Gasteiger charge is 2.06. The van der Waals surface area contributed by atoms with Crippen LogP contribution in [0.5, 0.6) is 0 Å². The first-order valence-electron chi connectivity index (χ1n) is 6.37. The highest BCUT2D eigenvalue weighted by molar-refractivity contribution is 5.51. The molecule has 1 aromatic rings. The molecule has 0 fully saturated rings. The lowest BCUT2D eigenvalue weighted by Crippen LogP contribution is -2.36. The number of aryl methyl sites for hydroxylation is 2. The summed E-state index contributed by atoms with van der Waals surface area (Å²) < 4.78 is 0. The van der Waals surface area contributed by atoms with Gasteiger partial charge in [-0.3, -0.25) is 0 Å². The first kappa shape index (κ1) is 14.0. The van der Waals surface area contributed by atoms with Gasteiger partial charge in [0.2, 0.25) is 0 Å². The summed E-state index contributed by atoms with van der Waals surface area (Å²) in [6.45, 7) is 11.9. The zero-order chi connectivity index (χ0) is 12.9. The van der Waals surface area contributed by atoms with E-state index >= 15 is 0 Å². The van der Waals surface area contributed by atoms with Gasteiger partial charge in [0, 0.05) is 5.54 Å². The fraction of sp³-hybridized carbons (Fsp3) is 0.500. The summed E-state index contributed by atoms with van der Waals surface area (Å²) in [5, 5.41) is 3.48. The Balaban J connectivity index is 2.43. The van der Waals surface area contributed by atoms with Crippen LogP contribution in [0.4, 0.5) is 0 Å². The first-order chi connectivity index (χ1) is 7.87. The van der Waals surface area contributed by atoms with E-state index in [1.807, 2.05) is 0 Å². The van der Waals surface area contributed by atoms with Gasteiger partial charge >= 0.3 is 0 Å². The molecule has 0 saturated carbocycles. The Labute approximate surface area is 106 Å². The van der Waals surface area contributed by atoms with Crippen molar-refractivity contribution in [3.05, 3.63) is 41.0 Å². The second-order valence-electron chi connectivity index (χ2n) is 5.79. The van der Waals surface area contributed by atoms with Crippen molar-refractivity contribution in [2.24, 2.45) is 0 Å². The number of nitrogens with one attached hydrogen (secondary N) is 1. The van der Waals surface area contributed by atoms with E-state index < -0.39 is 0 Å². The minimum atomic E-state index is 0.216. The second kappa shape index (κ2) is 6.02. The van der Waals surface area contributed by atoms with Crippen LogP contribution in [0, 0.1) is 13.8 Å². The average molecular weight is 231 g/mol. The molecule has 0 saturated heterocycles. The predicted octanol–water partition coefficient (Wildman–Crippen LogP) is 4.09. The Kier molecular flexibility index (Phi) is 4.95. The SMILES string of the molecule is Cc1cc(C)cc(C=CCCNC(C)(C)C)c1. The smallest absolute Gasteiger partial charge is 0.00966 e. The topological polar surface area (TPSA) is 12.0 Å². The van der Waals surface area contributed by atoms with Gasteiger partial charge in [0.05, 0.1) is 0 Å². The standard InChI is InChI=1S/C16H25N/c1-13-10-14(2)12-15(11-13)8-6-7-9-17-16(3,4)5/h6,8,10-12,17H,7,9H2,1-5H3. The van der Waals surface area contributed by atoms with Crippen LogP contribution in [0.1, 0.15) is 43.9 Å². The van der Waals surface area contributed by atoms with Crippen molar-refractivity contribution in [2.75, 3.05) is 6.54 Å². The van der Waals surface area contributed by atoms with Crippen molar-refractivity contribution < 1.29 is 0 Å². The average Bonchev–Trinajstić information content (AvgIpc) is 2.13. The quantitative estimate of drug-likeness (QED) is 0.769. The van der Waals surface area contributed by atoms with E-state index in [0.717, 1.165) is 13.0 Å². The Bertz CT molecular complexity index is 363. The molecule has 1 rings (SSSR count). The predicted molar refractivity (Wildman–Crippen MR) is 77.3 cm³/mol. The van der Waals surface area contributed by atoms with E-state index in [9.17, 15) is 0 Å². The van der Waals surface area contributed by atoms with Crippen molar-refractivity contribution in [3.63, 3.8) is 0 Å². The minimum absolute atomic E-state index is 0.216. The molecule has 1 N–H and O–H groups in total. The number of hydrogen-bond acceptors (Lipinski definition) is 1. The van der Waals surface area contributed by atoms with Gasteiger partial charge in [-0.25, -0.2) is 0 Å². The monoisotopic (exact) mass is 231 g/mol. The first-order valence-corrected chi connectivity index (χ1v) is 6.37. The molecule has 1 heteroatoms. The van der Waals surface area contributed by atoms with Crippen molar-refractivity contribution in [1.29, 1.82) is 0 Å². The molecule has 0 aliphatic heterocycles. The van der Waals surface area contributed by atoms with Crippen LogP contribution in [0.3, 0.4) is 0 Å². The Morgan fingerprint density at radius 3 is 2.18 bits per heavy atom. The summed E-state index contributed by atoms with van der Waals surface area (Å²) in [7, 11) is 0. The molecule has 0 aliphatic carbocycles. The van der Waals surface area contributed by atoms with Crippen molar-refractivity contribution in [1.82, 2.24) is 5.32 Å². The van der Waals surface area contributed by atoms with Gasteiger partial charge in [-0.1, -0.05) is 41.5 Å². The summed E-state index contributed by atoms with van der Waals surface area (Å²) >= 11 is 0. The number of benzene rings is 1. The maximum atomic E-state index is 3.48. The molecule has 0 aromatic heterocycles. The summed E-state index contributed by atoms with van der Waals surface area (Å²) in [6, 6.07) is 6.65. The number of rotatable bonds is 4. The maximum absolute atomic E-state index is 3.48. The summed E-state index contributed by atoms with van der Waals surface area (Å²) in [5.41, 5.74) is 4.18. The zero-order valence-corrected chi connectivity index (χ0v) is 11.8. The van der Waals surface area contributed by atoms with Gasteiger partial charge in [0.1, 0.15) is 0 Å². The molecule has 0 heterocycles. The zero-order valence-electron chi connectivity index (χ0n) is 11.8. The lowest BCUT2D eigenvalue weighted by molar-refractivity contribution is 0.431. The third kappa shape index (κ3) is 6.28. The normalized spacial score (nSPS) is 12.3. The molecule has 0 amide bonds. The fourth-order valence-electron chi connectivity index (χ4n) is 1.86. The van der Waals surface area contributed by atoms with E-state index in [1.165, 1.54) is 16.7 Å². The third-order valence-corrected chi connectivity index (χ3v) is 2.52. The highest BCUT2D eigenvalue weighted by Crippen LogP contribution is 2.10. The van der Waals surface area contributed by atoms with Gasteiger partial charge in [0.15, 0.2) is 0 Å². The molecule has 0 radical (unpaired) electrons. The van der Waals surface area contributed by atoms with E-state index in [1.54, 1.807) is 0 Å². The third-order valence-electron chi connectivity index (χ3n) is 2.52. The summed E-state index contributed by atoms with van der Waals surface area (Å²) in [5.74, 6) is 0. The van der Waals surface area contributed by atoms with Crippen LogP contribution in [0.2, 0.25) is 0 Å². The van der Waals surface area contributed by atoms with Crippen molar-refractivity contribution >= 4 is 6.08 Å². The summed E-state index contributed by atoms with van der Waals surface area (Å²) in [4.78, 5) is 0. The highest BCUT2D eigenvalue weighted by atomic mass is 14.9. The van der Waals surface area contributed by atoms with Crippen LogP contribution < -0.4 is 5.32 Å². The molecule has 17 heavy (non-hydrogen) atoms. The van der Waals surface area contributed by atoms with Gasteiger partial charge in [-0.2, -0.15) is 0 Å². The molecule has 94 valence electrons. The largest absolute Gasteiger partial charge is 0.312 e. The van der Waals surface area contributed by atoms with Gasteiger partial charge in [-0.05, 0) is 53.1 Å². The van der Waals surface area contributed by atoms with Crippen LogP contribution in [0.15, 0.2) is 24.3 Å². The van der Waals surface area contributed by atoms with E-state index in [4.69, 9.17) is 0 Å². The Hall–Kier alpha value is -1.08. The fourth-order valence-corrected chi connectivity index (χ4v) is 1.86. The molecule has 0 atom stereocenters. The van der Waals surface area contributed by atoms with Gasteiger partial charge in [0.25, 0.3) is 0 Å². The molecular formula is C16H25N. The Morgan fingerprint density at radius 1 is 1.06 bits per heavy atom. The lowest BCUT2D eigenvalue weighted by atomic mass is 10.1. The molecule has 1 nitrogen and oxygen atoms in total. The van der Waals surface area contributed by atoms with Crippen LogP contribution in [-0.2, 0) is 0 Å². The minimum Gasteiger partial charge on any atom is -0.312 e. The van der Waals surface area contributed by atoms with Crippen molar-refractivity contribution in [2.45, 2.75) is 46.6 Å². The molecular weight excluding hydrogens is 206 g/mol. The van der Waals surface area contributed by atoms with E-state index in [0.29, 0.717) is 0 Å². The van der Waals surface area contributed by atoms with Crippen LogP contribution in [-0.4, -0.2) is 12.1 Å². The lowest BCUT2D eigenvalue weighted by Gasteiger charge is -2.19. The van der Waals surface area contributed by atoms with Crippen LogP contribution in [0.25, 0.3) is 6.08 Å². The molecule has 0 spiro atoms. The maximum Gasteiger partial charge on any atom is 0.00966 e. The van der Waals surface area contributed by atoms with Crippen LogP contribution >= 0.6 is 0 Å². The van der Waals surface area contributed by atoms with Gasteiger partial charge in [-0.15, -0.1) is 0 Å². The molecule has 1 aromatic carbocycles. The van der Waals surface area contributed by atoms with E-state index in [-0.39, 0.29) is 5.54 Å². The van der Waals surface area contributed by atoms with E-state index in [2.05, 4.69) is 70.3 Å². The molecule has 0 unspecified atom stereocenters. The molecule has 0 bridgehead atoms. The summed E-state index contributed by atoms with van der Waals surface area (Å²) in [6.07, 6.45) is 5.53.